The normalized spacial score (nSPS) is 28.4. The number of carbonyl (C=O) groups is 1. The van der Waals surface area contributed by atoms with Crippen molar-refractivity contribution in [2.75, 3.05) is 13.1 Å². The monoisotopic (exact) mass is 238 g/mol. The first-order valence-electron chi connectivity index (χ1n) is 7.11. The van der Waals surface area contributed by atoms with Gasteiger partial charge >= 0.3 is 0 Å². The van der Waals surface area contributed by atoms with Crippen LogP contribution in [-0.2, 0) is 4.79 Å². The third kappa shape index (κ3) is 2.49. The van der Waals surface area contributed by atoms with Crippen molar-refractivity contribution in [1.29, 1.82) is 0 Å². The second-order valence-electron chi connectivity index (χ2n) is 6.15. The van der Waals surface area contributed by atoms with E-state index in [0.717, 1.165) is 6.54 Å². The van der Waals surface area contributed by atoms with Crippen molar-refractivity contribution in [1.82, 2.24) is 10.2 Å². The average Bonchev–Trinajstić information content (AvgIpc) is 2.89. The van der Waals surface area contributed by atoms with Crippen LogP contribution in [0, 0.1) is 11.3 Å². The standard InChI is InChI=1S/C14H26N2O/c1-4-14(7-5-6-8-14)10-16-12(17)9-15-13(16)11(2)3/h11,13,15H,4-10H2,1-3H3. The van der Waals surface area contributed by atoms with Crippen molar-refractivity contribution in [3.63, 3.8) is 0 Å². The number of hydrogen-bond donors (Lipinski definition) is 1. The van der Waals surface area contributed by atoms with E-state index in [1.165, 1.54) is 32.1 Å². The van der Waals surface area contributed by atoms with Gasteiger partial charge in [0.15, 0.2) is 0 Å². The molecule has 0 bridgehead atoms. The van der Waals surface area contributed by atoms with E-state index in [9.17, 15) is 4.79 Å². The van der Waals surface area contributed by atoms with E-state index < -0.39 is 0 Å². The van der Waals surface area contributed by atoms with Crippen LogP contribution in [0.5, 0.6) is 0 Å². The fourth-order valence-electron chi connectivity index (χ4n) is 3.45. The van der Waals surface area contributed by atoms with Gasteiger partial charge in [-0.25, -0.2) is 0 Å². The number of hydrogen-bond acceptors (Lipinski definition) is 2. The lowest BCUT2D eigenvalue weighted by molar-refractivity contribution is -0.130. The quantitative estimate of drug-likeness (QED) is 0.815. The van der Waals surface area contributed by atoms with E-state index in [-0.39, 0.29) is 6.17 Å². The summed E-state index contributed by atoms with van der Waals surface area (Å²) in [5.41, 5.74) is 0.412. The topological polar surface area (TPSA) is 32.3 Å². The molecule has 1 atom stereocenters. The minimum Gasteiger partial charge on any atom is -0.325 e. The van der Waals surface area contributed by atoms with Crippen molar-refractivity contribution in [3.05, 3.63) is 0 Å². The highest BCUT2D eigenvalue weighted by atomic mass is 16.2. The molecule has 1 aliphatic heterocycles. The van der Waals surface area contributed by atoms with Crippen molar-refractivity contribution in [2.45, 2.75) is 59.0 Å². The summed E-state index contributed by atoms with van der Waals surface area (Å²) in [5, 5.41) is 3.35. The lowest BCUT2D eigenvalue weighted by atomic mass is 9.82. The van der Waals surface area contributed by atoms with Crippen LogP contribution in [0.3, 0.4) is 0 Å². The predicted molar refractivity (Wildman–Crippen MR) is 69.5 cm³/mol. The molecule has 2 aliphatic rings. The molecule has 3 heteroatoms. The van der Waals surface area contributed by atoms with Gasteiger partial charge in [0.25, 0.3) is 0 Å². The summed E-state index contributed by atoms with van der Waals surface area (Å²) in [5.74, 6) is 0.792. The van der Waals surface area contributed by atoms with E-state index in [1.807, 2.05) is 0 Å². The van der Waals surface area contributed by atoms with Gasteiger partial charge in [0.05, 0.1) is 12.7 Å². The first-order valence-corrected chi connectivity index (χ1v) is 7.11. The van der Waals surface area contributed by atoms with Crippen LogP contribution in [0.15, 0.2) is 0 Å². The highest BCUT2D eigenvalue weighted by Gasteiger charge is 2.40. The van der Waals surface area contributed by atoms with Crippen molar-refractivity contribution in [2.24, 2.45) is 11.3 Å². The summed E-state index contributed by atoms with van der Waals surface area (Å²) >= 11 is 0. The molecule has 0 aromatic carbocycles. The maximum absolute atomic E-state index is 12.0. The summed E-state index contributed by atoms with van der Waals surface area (Å²) in [6, 6.07) is 0. The molecule has 2 rings (SSSR count). The fourth-order valence-corrected chi connectivity index (χ4v) is 3.45. The molecule has 1 saturated carbocycles. The Labute approximate surface area is 105 Å². The maximum atomic E-state index is 12.0. The van der Waals surface area contributed by atoms with Crippen molar-refractivity contribution in [3.8, 4) is 0 Å². The van der Waals surface area contributed by atoms with Gasteiger partial charge in [0.1, 0.15) is 0 Å². The summed E-state index contributed by atoms with van der Waals surface area (Å²) in [6.45, 7) is 8.16. The van der Waals surface area contributed by atoms with Crippen molar-refractivity contribution >= 4 is 5.91 Å². The zero-order chi connectivity index (χ0) is 12.5. The van der Waals surface area contributed by atoms with Crippen LogP contribution in [0.25, 0.3) is 0 Å². The molecule has 1 aliphatic carbocycles. The maximum Gasteiger partial charge on any atom is 0.237 e. The smallest absolute Gasteiger partial charge is 0.237 e. The van der Waals surface area contributed by atoms with Crippen LogP contribution in [0.2, 0.25) is 0 Å². The molecule has 1 unspecified atom stereocenters. The molecule has 2 fully saturated rings. The molecular weight excluding hydrogens is 212 g/mol. The summed E-state index contributed by atoms with van der Waals surface area (Å²) in [6.07, 6.45) is 6.76. The van der Waals surface area contributed by atoms with Gasteiger partial charge in [0.2, 0.25) is 5.91 Å². The summed E-state index contributed by atoms with van der Waals surface area (Å²) in [7, 11) is 0. The van der Waals surface area contributed by atoms with Gasteiger partial charge in [-0.3, -0.25) is 10.1 Å². The van der Waals surface area contributed by atoms with E-state index >= 15 is 0 Å². The van der Waals surface area contributed by atoms with Gasteiger partial charge in [-0.05, 0) is 30.6 Å². The first kappa shape index (κ1) is 12.9. The van der Waals surface area contributed by atoms with Crippen molar-refractivity contribution < 1.29 is 4.79 Å². The van der Waals surface area contributed by atoms with Gasteiger partial charge in [-0.2, -0.15) is 0 Å². The molecule has 1 saturated heterocycles. The Morgan fingerprint density at radius 1 is 1.41 bits per heavy atom. The van der Waals surface area contributed by atoms with Crippen LogP contribution in [-0.4, -0.2) is 30.1 Å². The molecular formula is C14H26N2O. The van der Waals surface area contributed by atoms with Crippen LogP contribution in [0.1, 0.15) is 52.9 Å². The zero-order valence-electron chi connectivity index (χ0n) is 11.5. The lowest BCUT2D eigenvalue weighted by Gasteiger charge is -2.36. The fraction of sp³-hybridized carbons (Fsp3) is 0.929. The molecule has 0 aromatic heterocycles. The van der Waals surface area contributed by atoms with Gasteiger partial charge in [-0.15, -0.1) is 0 Å². The second-order valence-corrected chi connectivity index (χ2v) is 6.15. The molecule has 0 radical (unpaired) electrons. The minimum atomic E-state index is 0.256. The SMILES string of the molecule is CCC1(CN2C(=O)CNC2C(C)C)CCCC1. The minimum absolute atomic E-state index is 0.256. The number of nitrogens with one attached hydrogen (secondary N) is 1. The zero-order valence-corrected chi connectivity index (χ0v) is 11.5. The third-order valence-electron chi connectivity index (χ3n) is 4.67. The predicted octanol–water partition coefficient (Wildman–Crippen LogP) is 2.37. The third-order valence-corrected chi connectivity index (χ3v) is 4.67. The molecule has 1 amide bonds. The van der Waals surface area contributed by atoms with Crippen LogP contribution >= 0.6 is 0 Å². The Kier molecular flexibility index (Phi) is 3.76. The highest BCUT2D eigenvalue weighted by Crippen LogP contribution is 2.42. The molecule has 1 N–H and O–H groups in total. The second kappa shape index (κ2) is 4.97. The first-order chi connectivity index (χ1) is 8.08. The Hall–Kier alpha value is -0.570. The van der Waals surface area contributed by atoms with Crippen LogP contribution in [0.4, 0.5) is 0 Å². The highest BCUT2D eigenvalue weighted by molar-refractivity contribution is 5.80. The number of rotatable bonds is 4. The van der Waals surface area contributed by atoms with Gasteiger partial charge in [-0.1, -0.05) is 33.6 Å². The Bertz CT molecular complexity index is 282. The van der Waals surface area contributed by atoms with E-state index in [1.54, 1.807) is 0 Å². The molecule has 0 aromatic rings. The molecule has 0 spiro atoms. The molecule has 98 valence electrons. The number of amides is 1. The molecule has 1 heterocycles. The molecule has 3 nitrogen and oxygen atoms in total. The number of nitrogens with zero attached hydrogens (tertiary/aromatic N) is 1. The van der Waals surface area contributed by atoms with E-state index in [2.05, 4.69) is 31.0 Å². The van der Waals surface area contributed by atoms with Gasteiger partial charge < -0.3 is 4.90 Å². The van der Waals surface area contributed by atoms with Gasteiger partial charge in [0, 0.05) is 6.54 Å². The lowest BCUT2D eigenvalue weighted by Crippen LogP contribution is -2.46. The Morgan fingerprint density at radius 2 is 2.06 bits per heavy atom. The molecule has 17 heavy (non-hydrogen) atoms. The summed E-state index contributed by atoms with van der Waals surface area (Å²) < 4.78 is 0. The summed E-state index contributed by atoms with van der Waals surface area (Å²) in [4.78, 5) is 14.1. The Balaban J connectivity index is 2.07. The average molecular weight is 238 g/mol. The number of carbonyl (C=O) groups excluding carboxylic acids is 1. The van der Waals surface area contributed by atoms with Crippen LogP contribution < -0.4 is 5.32 Å². The van der Waals surface area contributed by atoms with E-state index in [4.69, 9.17) is 0 Å². The van der Waals surface area contributed by atoms with E-state index in [0.29, 0.717) is 23.8 Å². The largest absolute Gasteiger partial charge is 0.325 e. The Morgan fingerprint density at radius 3 is 2.59 bits per heavy atom.